The van der Waals surface area contributed by atoms with Crippen molar-refractivity contribution in [1.29, 1.82) is 0 Å². The number of furan rings is 1. The number of anilines is 2. The second kappa shape index (κ2) is 9.59. The lowest BCUT2D eigenvalue weighted by Crippen LogP contribution is -2.29. The van der Waals surface area contributed by atoms with E-state index in [0.29, 0.717) is 32.4 Å². The number of hydrogen-bond donors (Lipinski definition) is 2. The summed E-state index contributed by atoms with van der Waals surface area (Å²) in [6, 6.07) is 20.9. The molecule has 5 rings (SSSR count). The van der Waals surface area contributed by atoms with Gasteiger partial charge in [-0.1, -0.05) is 22.0 Å². The highest BCUT2D eigenvalue weighted by Crippen LogP contribution is 2.43. The molecule has 1 saturated heterocycles. The molecule has 176 valence electrons. The van der Waals surface area contributed by atoms with Crippen LogP contribution in [-0.4, -0.2) is 16.0 Å². The SMILES string of the molecule is CC(=O)Nc1ccc(N2C(=S)NC(c3ccccn3)C2c2ccc(-c3ccc(Br)cc3F)o2)cc1. The average molecular weight is 551 g/mol. The summed E-state index contributed by atoms with van der Waals surface area (Å²) in [5, 5.41) is 6.64. The van der Waals surface area contributed by atoms with Crippen LogP contribution in [0.4, 0.5) is 15.8 Å². The van der Waals surface area contributed by atoms with Crippen molar-refractivity contribution in [1.82, 2.24) is 10.3 Å². The normalized spacial score (nSPS) is 17.3. The molecule has 0 bridgehead atoms. The molecule has 1 aliphatic heterocycles. The molecule has 1 fully saturated rings. The van der Waals surface area contributed by atoms with Crippen LogP contribution in [0.3, 0.4) is 0 Å². The van der Waals surface area contributed by atoms with Gasteiger partial charge >= 0.3 is 0 Å². The monoisotopic (exact) mass is 550 g/mol. The molecule has 2 unspecified atom stereocenters. The molecule has 0 radical (unpaired) electrons. The molecule has 1 aliphatic rings. The Morgan fingerprint density at radius 3 is 2.63 bits per heavy atom. The molecule has 4 aromatic rings. The number of benzene rings is 2. The number of nitrogens with zero attached hydrogens (tertiary/aromatic N) is 2. The standard InChI is InChI=1S/C26H20BrFN4O2S/c1-15(33)30-17-6-8-18(9-7-17)32-25(24(31-26(32)35)21-4-2-3-13-29-21)23-12-11-22(34-23)19-10-5-16(27)14-20(19)28/h2-14,24-25H,1H3,(H,30,33)(H,31,35). The van der Waals surface area contributed by atoms with E-state index in [1.807, 2.05) is 53.4 Å². The number of aromatic nitrogens is 1. The number of thiocarbonyl (C=S) groups is 1. The van der Waals surface area contributed by atoms with Gasteiger partial charge in [0.2, 0.25) is 5.91 Å². The zero-order chi connectivity index (χ0) is 24.5. The summed E-state index contributed by atoms with van der Waals surface area (Å²) in [4.78, 5) is 17.9. The van der Waals surface area contributed by atoms with Crippen molar-refractivity contribution < 1.29 is 13.6 Å². The first-order chi connectivity index (χ1) is 16.9. The van der Waals surface area contributed by atoms with E-state index >= 15 is 0 Å². The number of hydrogen-bond acceptors (Lipinski definition) is 4. The van der Waals surface area contributed by atoms with E-state index in [-0.39, 0.29) is 23.8 Å². The van der Waals surface area contributed by atoms with E-state index in [0.717, 1.165) is 11.4 Å². The van der Waals surface area contributed by atoms with Crippen molar-refractivity contribution in [2.75, 3.05) is 10.2 Å². The van der Waals surface area contributed by atoms with Crippen LogP contribution in [0, 0.1) is 5.82 Å². The fourth-order valence-corrected chi connectivity index (χ4v) is 4.86. The first-order valence-electron chi connectivity index (χ1n) is 10.8. The number of amides is 1. The van der Waals surface area contributed by atoms with Crippen molar-refractivity contribution in [3.05, 3.63) is 101 Å². The molecule has 35 heavy (non-hydrogen) atoms. The molecule has 2 N–H and O–H groups in total. The van der Waals surface area contributed by atoms with Gasteiger partial charge in [-0.2, -0.15) is 0 Å². The third kappa shape index (κ3) is 4.69. The van der Waals surface area contributed by atoms with Crippen LogP contribution in [0.25, 0.3) is 11.3 Å². The number of pyridine rings is 1. The lowest BCUT2D eigenvalue weighted by molar-refractivity contribution is -0.114. The summed E-state index contributed by atoms with van der Waals surface area (Å²) in [6.45, 7) is 1.46. The first-order valence-corrected chi connectivity index (χ1v) is 12.0. The van der Waals surface area contributed by atoms with Crippen LogP contribution in [-0.2, 0) is 4.79 Å². The predicted octanol–water partition coefficient (Wildman–Crippen LogP) is 6.38. The summed E-state index contributed by atoms with van der Waals surface area (Å²) < 4.78 is 21.5. The maximum atomic E-state index is 14.6. The first kappa shape index (κ1) is 23.2. The zero-order valence-corrected chi connectivity index (χ0v) is 20.9. The summed E-state index contributed by atoms with van der Waals surface area (Å²) >= 11 is 9.02. The van der Waals surface area contributed by atoms with Gasteiger partial charge in [-0.25, -0.2) is 4.39 Å². The number of nitrogens with one attached hydrogen (secondary N) is 2. The van der Waals surface area contributed by atoms with Gasteiger partial charge in [-0.05, 0) is 78.9 Å². The minimum atomic E-state index is -0.382. The number of carbonyl (C=O) groups is 1. The lowest BCUT2D eigenvalue weighted by atomic mass is 10.0. The van der Waals surface area contributed by atoms with E-state index in [1.54, 1.807) is 24.4 Å². The Hall–Kier alpha value is -3.56. The Labute approximate surface area is 215 Å². The summed E-state index contributed by atoms with van der Waals surface area (Å²) in [5.41, 5.74) is 2.66. The summed E-state index contributed by atoms with van der Waals surface area (Å²) in [6.07, 6.45) is 1.73. The average Bonchev–Trinajstić information content (AvgIpc) is 3.44. The van der Waals surface area contributed by atoms with Crippen LogP contribution in [0.5, 0.6) is 0 Å². The molecular weight excluding hydrogens is 531 g/mol. The lowest BCUT2D eigenvalue weighted by Gasteiger charge is -2.26. The van der Waals surface area contributed by atoms with Gasteiger partial charge in [0.05, 0.1) is 17.3 Å². The molecule has 0 aliphatic carbocycles. The molecule has 2 aromatic carbocycles. The van der Waals surface area contributed by atoms with Gasteiger partial charge < -0.3 is 20.0 Å². The molecule has 3 heterocycles. The van der Waals surface area contributed by atoms with Crippen molar-refractivity contribution in [3.63, 3.8) is 0 Å². The largest absolute Gasteiger partial charge is 0.459 e. The van der Waals surface area contributed by atoms with Crippen molar-refractivity contribution >= 4 is 50.5 Å². The van der Waals surface area contributed by atoms with Gasteiger partial charge in [0.1, 0.15) is 23.4 Å². The molecule has 1 amide bonds. The van der Waals surface area contributed by atoms with Crippen LogP contribution in [0.15, 0.2) is 87.9 Å². The van der Waals surface area contributed by atoms with Gasteiger partial charge in [-0.3, -0.25) is 9.78 Å². The Kier molecular flexibility index (Phi) is 6.36. The summed E-state index contributed by atoms with van der Waals surface area (Å²) in [7, 11) is 0. The maximum Gasteiger partial charge on any atom is 0.221 e. The van der Waals surface area contributed by atoms with E-state index in [4.69, 9.17) is 16.6 Å². The fraction of sp³-hybridized carbons (Fsp3) is 0.115. The molecule has 9 heteroatoms. The second-order valence-electron chi connectivity index (χ2n) is 8.05. The van der Waals surface area contributed by atoms with Gasteiger partial charge in [0.15, 0.2) is 5.11 Å². The topological polar surface area (TPSA) is 70.4 Å². The Morgan fingerprint density at radius 1 is 1.14 bits per heavy atom. The fourth-order valence-electron chi connectivity index (χ4n) is 4.18. The van der Waals surface area contributed by atoms with Gasteiger partial charge in [-0.15, -0.1) is 0 Å². The third-order valence-electron chi connectivity index (χ3n) is 5.68. The number of halogens is 2. The van der Waals surface area contributed by atoms with Gasteiger partial charge in [0.25, 0.3) is 0 Å². The number of rotatable bonds is 5. The van der Waals surface area contributed by atoms with Crippen molar-refractivity contribution in [2.24, 2.45) is 0 Å². The van der Waals surface area contributed by atoms with E-state index in [9.17, 15) is 9.18 Å². The summed E-state index contributed by atoms with van der Waals surface area (Å²) in [5.74, 6) is 0.499. The van der Waals surface area contributed by atoms with E-state index in [1.165, 1.54) is 13.0 Å². The molecular formula is C26H20BrFN4O2S. The Balaban J connectivity index is 1.56. The smallest absolute Gasteiger partial charge is 0.221 e. The number of carbonyl (C=O) groups excluding carboxylic acids is 1. The highest BCUT2D eigenvalue weighted by Gasteiger charge is 2.42. The third-order valence-corrected chi connectivity index (χ3v) is 6.49. The molecule has 0 saturated carbocycles. The van der Waals surface area contributed by atoms with Crippen molar-refractivity contribution in [3.8, 4) is 11.3 Å². The van der Waals surface area contributed by atoms with Gasteiger partial charge in [0, 0.05) is 29.0 Å². The Morgan fingerprint density at radius 2 is 1.94 bits per heavy atom. The predicted molar refractivity (Wildman–Crippen MR) is 140 cm³/mol. The molecule has 0 spiro atoms. The molecule has 6 nitrogen and oxygen atoms in total. The minimum absolute atomic E-state index is 0.146. The maximum absolute atomic E-state index is 14.6. The van der Waals surface area contributed by atoms with Crippen LogP contribution in [0.1, 0.15) is 30.5 Å². The zero-order valence-electron chi connectivity index (χ0n) is 18.5. The highest BCUT2D eigenvalue weighted by molar-refractivity contribution is 9.10. The van der Waals surface area contributed by atoms with E-state index in [2.05, 4.69) is 31.5 Å². The minimum Gasteiger partial charge on any atom is -0.459 e. The quantitative estimate of drug-likeness (QED) is 0.281. The van der Waals surface area contributed by atoms with Crippen LogP contribution >= 0.6 is 28.1 Å². The van der Waals surface area contributed by atoms with Crippen LogP contribution < -0.4 is 15.5 Å². The van der Waals surface area contributed by atoms with Crippen molar-refractivity contribution in [2.45, 2.75) is 19.0 Å². The Bertz CT molecular complexity index is 1390. The van der Waals surface area contributed by atoms with Crippen LogP contribution in [0.2, 0.25) is 0 Å². The second-order valence-corrected chi connectivity index (χ2v) is 9.35. The molecule has 2 aromatic heterocycles. The highest BCUT2D eigenvalue weighted by atomic mass is 79.9. The molecule has 2 atom stereocenters. The van der Waals surface area contributed by atoms with E-state index < -0.39 is 0 Å².